The van der Waals surface area contributed by atoms with Gasteiger partial charge in [-0.25, -0.2) is 13.6 Å². The Balaban J connectivity index is 1.97. The number of esters is 1. The van der Waals surface area contributed by atoms with Gasteiger partial charge in [-0.3, -0.25) is 14.1 Å². The Kier molecular flexibility index (Phi) is 9.07. The second-order valence-electron chi connectivity index (χ2n) is 7.82. The fourth-order valence-corrected chi connectivity index (χ4v) is 4.26. The van der Waals surface area contributed by atoms with Crippen molar-refractivity contribution in [1.29, 1.82) is 0 Å². The van der Waals surface area contributed by atoms with Crippen molar-refractivity contribution in [1.82, 2.24) is 14.6 Å². The Morgan fingerprint density at radius 2 is 1.97 bits per heavy atom. The maximum absolute atomic E-state index is 13.4. The quantitative estimate of drug-likeness (QED) is 0.231. The van der Waals surface area contributed by atoms with Crippen LogP contribution in [0.1, 0.15) is 47.8 Å². The van der Waals surface area contributed by atoms with Crippen LogP contribution in [0.15, 0.2) is 34.7 Å². The molecular formula is C24H28FN3O6S. The number of hydrogen-bond donors (Lipinski definition) is 2. The highest BCUT2D eigenvalue weighted by Gasteiger charge is 2.25. The third-order valence-electron chi connectivity index (χ3n) is 5.61. The van der Waals surface area contributed by atoms with Gasteiger partial charge in [0.15, 0.2) is 0 Å². The minimum absolute atomic E-state index is 0.0718. The number of nitrogens with zero attached hydrogens (tertiary/aromatic N) is 2. The molecule has 2 heterocycles. The fourth-order valence-electron chi connectivity index (χ4n) is 3.74. The summed E-state index contributed by atoms with van der Waals surface area (Å²) in [6.45, 7) is 2.26. The molecule has 0 radical (unpaired) electrons. The summed E-state index contributed by atoms with van der Waals surface area (Å²) in [6, 6.07) is 7.40. The number of ether oxygens (including phenoxy) is 1. The molecule has 2 N–H and O–H groups in total. The van der Waals surface area contributed by atoms with Gasteiger partial charge < -0.3 is 14.5 Å². The van der Waals surface area contributed by atoms with Crippen LogP contribution in [0, 0.1) is 5.82 Å². The molecule has 1 amide bonds. The van der Waals surface area contributed by atoms with Crippen LogP contribution in [-0.4, -0.2) is 50.6 Å². The maximum Gasteiger partial charge on any atom is 0.305 e. The van der Waals surface area contributed by atoms with Crippen molar-refractivity contribution < 1.29 is 31.9 Å². The lowest BCUT2D eigenvalue weighted by molar-refractivity contribution is -0.140. The first-order valence-electron chi connectivity index (χ1n) is 11.1. The van der Waals surface area contributed by atoms with Gasteiger partial charge in [0.1, 0.15) is 11.6 Å². The van der Waals surface area contributed by atoms with Crippen molar-refractivity contribution in [3.63, 3.8) is 0 Å². The monoisotopic (exact) mass is 505 g/mol. The summed E-state index contributed by atoms with van der Waals surface area (Å²) in [5.41, 5.74) is 2.33. The summed E-state index contributed by atoms with van der Waals surface area (Å²) in [4.78, 5) is 28.6. The molecule has 1 unspecified atom stereocenters. The van der Waals surface area contributed by atoms with Crippen molar-refractivity contribution in [2.45, 2.75) is 39.2 Å². The lowest BCUT2D eigenvalue weighted by Crippen LogP contribution is -2.27. The molecule has 0 saturated heterocycles. The summed E-state index contributed by atoms with van der Waals surface area (Å²) in [5.74, 6) is -0.854. The van der Waals surface area contributed by atoms with Crippen molar-refractivity contribution in [3.8, 4) is 11.3 Å². The molecule has 0 bridgehead atoms. The van der Waals surface area contributed by atoms with Crippen LogP contribution in [0.3, 0.4) is 0 Å². The number of furan rings is 1. The van der Waals surface area contributed by atoms with Crippen LogP contribution in [-0.2, 0) is 33.8 Å². The molecule has 11 heteroatoms. The Morgan fingerprint density at radius 3 is 2.57 bits per heavy atom. The van der Waals surface area contributed by atoms with Gasteiger partial charge in [-0.15, -0.1) is 0 Å². The summed E-state index contributed by atoms with van der Waals surface area (Å²) in [6.07, 6.45) is 1.83. The van der Waals surface area contributed by atoms with Crippen LogP contribution in [0.25, 0.3) is 22.4 Å². The van der Waals surface area contributed by atoms with Gasteiger partial charge in [0, 0.05) is 25.6 Å². The van der Waals surface area contributed by atoms with Crippen LogP contribution in [0.2, 0.25) is 0 Å². The smallest absolute Gasteiger partial charge is 0.305 e. The maximum atomic E-state index is 13.4. The van der Waals surface area contributed by atoms with Gasteiger partial charge in [-0.2, -0.15) is 4.31 Å². The van der Waals surface area contributed by atoms with E-state index in [4.69, 9.17) is 4.42 Å². The van der Waals surface area contributed by atoms with Gasteiger partial charge in [0.2, 0.25) is 17.0 Å². The van der Waals surface area contributed by atoms with Crippen molar-refractivity contribution in [3.05, 3.63) is 53.0 Å². The Labute approximate surface area is 205 Å². The van der Waals surface area contributed by atoms with E-state index in [-0.39, 0.29) is 48.4 Å². The number of nitrogens with one attached hydrogen (secondary N) is 1. The number of halogens is 1. The molecule has 0 aliphatic carbocycles. The second-order valence-corrected chi connectivity index (χ2v) is 8.80. The van der Waals surface area contributed by atoms with E-state index >= 15 is 0 Å². The molecule has 2 aromatic heterocycles. The van der Waals surface area contributed by atoms with E-state index in [1.807, 2.05) is 6.92 Å². The van der Waals surface area contributed by atoms with Crippen LogP contribution in [0.4, 0.5) is 4.39 Å². The predicted molar refractivity (Wildman–Crippen MR) is 129 cm³/mol. The van der Waals surface area contributed by atoms with Crippen molar-refractivity contribution in [2.75, 3.05) is 20.7 Å². The number of fused-ring (bicyclic) bond motifs is 1. The first-order chi connectivity index (χ1) is 16.8. The standard InChI is InChI=1S/C24H28FN3O6S/c1-4-15-13-18-21(23(30)26-2)22(16-8-10-17(25)11-9-16)34-24(18)27-19(15)14-28(35(31)32)12-6-5-7-20(29)33-3/h8-11,13H,4-7,12,14H2,1-3H3,(H,26,30)(H,31,32). The number of carbonyl (C=O) groups excluding carboxylic acids is 2. The van der Waals surface area contributed by atoms with E-state index < -0.39 is 17.1 Å². The average Bonchev–Trinajstić information content (AvgIpc) is 3.22. The zero-order valence-electron chi connectivity index (χ0n) is 19.8. The first kappa shape index (κ1) is 26.5. The van der Waals surface area contributed by atoms with E-state index in [0.29, 0.717) is 35.9 Å². The number of aryl methyl sites for hydroxylation is 1. The first-order valence-corrected chi connectivity index (χ1v) is 12.2. The van der Waals surface area contributed by atoms with Crippen molar-refractivity contribution in [2.24, 2.45) is 0 Å². The number of hydrogen-bond acceptors (Lipinski definition) is 6. The van der Waals surface area contributed by atoms with Gasteiger partial charge in [0.05, 0.1) is 30.3 Å². The van der Waals surface area contributed by atoms with Crippen LogP contribution < -0.4 is 5.32 Å². The lowest BCUT2D eigenvalue weighted by atomic mass is 10.0. The number of carbonyl (C=O) groups is 2. The summed E-state index contributed by atoms with van der Waals surface area (Å²) < 4.78 is 47.1. The Bertz CT molecular complexity index is 1230. The van der Waals surface area contributed by atoms with E-state index in [9.17, 15) is 22.7 Å². The molecule has 188 valence electrons. The zero-order chi connectivity index (χ0) is 25.5. The minimum atomic E-state index is -2.26. The minimum Gasteiger partial charge on any atom is -0.469 e. The highest BCUT2D eigenvalue weighted by atomic mass is 32.2. The number of amides is 1. The highest BCUT2D eigenvalue weighted by Crippen LogP contribution is 2.34. The van der Waals surface area contributed by atoms with Crippen LogP contribution in [0.5, 0.6) is 0 Å². The van der Waals surface area contributed by atoms with Crippen LogP contribution >= 0.6 is 0 Å². The molecule has 1 atom stereocenters. The number of pyridine rings is 1. The molecule has 1 aromatic carbocycles. The highest BCUT2D eigenvalue weighted by molar-refractivity contribution is 7.76. The fraction of sp³-hybridized carbons (Fsp3) is 0.375. The Hall–Kier alpha value is -3.15. The zero-order valence-corrected chi connectivity index (χ0v) is 20.6. The number of aromatic nitrogens is 1. The number of methoxy groups -OCH3 is 1. The molecule has 0 aliphatic heterocycles. The molecule has 3 aromatic rings. The SMILES string of the molecule is CCc1cc2c(C(=O)NC)c(-c3ccc(F)cc3)oc2nc1CN(CCCCC(=O)OC)S(=O)O. The molecular weight excluding hydrogens is 477 g/mol. The van der Waals surface area contributed by atoms with Gasteiger partial charge >= 0.3 is 5.97 Å². The molecule has 3 rings (SSSR count). The predicted octanol–water partition coefficient (Wildman–Crippen LogP) is 3.84. The third kappa shape index (κ3) is 6.30. The van der Waals surface area contributed by atoms with E-state index in [1.54, 1.807) is 6.07 Å². The van der Waals surface area contributed by atoms with Gasteiger partial charge in [-0.1, -0.05) is 6.92 Å². The van der Waals surface area contributed by atoms with Crippen molar-refractivity contribution >= 4 is 34.2 Å². The molecule has 0 aliphatic rings. The lowest BCUT2D eigenvalue weighted by Gasteiger charge is -2.18. The largest absolute Gasteiger partial charge is 0.469 e. The molecule has 0 spiro atoms. The van der Waals surface area contributed by atoms with Gasteiger partial charge in [0.25, 0.3) is 5.91 Å². The summed E-state index contributed by atoms with van der Waals surface area (Å²) in [7, 11) is 2.82. The average molecular weight is 506 g/mol. The number of benzene rings is 1. The molecule has 0 saturated carbocycles. The summed E-state index contributed by atoms with van der Waals surface area (Å²) >= 11 is -2.26. The topological polar surface area (TPSA) is 122 Å². The van der Waals surface area contributed by atoms with E-state index in [0.717, 1.165) is 5.56 Å². The molecule has 0 fully saturated rings. The second kappa shape index (κ2) is 12.0. The summed E-state index contributed by atoms with van der Waals surface area (Å²) in [5, 5.41) is 3.10. The third-order valence-corrected chi connectivity index (χ3v) is 6.36. The number of unbranched alkanes of at least 4 members (excludes halogenated alkanes) is 1. The van der Waals surface area contributed by atoms with E-state index in [2.05, 4.69) is 15.0 Å². The molecule has 35 heavy (non-hydrogen) atoms. The normalized spacial score (nSPS) is 12.2. The Morgan fingerprint density at radius 1 is 1.26 bits per heavy atom. The van der Waals surface area contributed by atoms with E-state index in [1.165, 1.54) is 42.7 Å². The number of rotatable bonds is 11. The van der Waals surface area contributed by atoms with Gasteiger partial charge in [-0.05, 0) is 55.2 Å². The molecule has 9 nitrogen and oxygen atoms in total.